The van der Waals surface area contributed by atoms with Gasteiger partial charge in [0.05, 0.1) is 6.04 Å². The summed E-state index contributed by atoms with van der Waals surface area (Å²) >= 11 is 0. The fraction of sp³-hybridized carbons (Fsp3) is 0.450. The number of rotatable bonds is 2. The van der Waals surface area contributed by atoms with Crippen molar-refractivity contribution in [1.29, 1.82) is 0 Å². The number of nitrogens with zero attached hydrogens (tertiary/aromatic N) is 3. The van der Waals surface area contributed by atoms with Crippen LogP contribution >= 0.6 is 0 Å². The minimum atomic E-state index is -0.565. The molecular formula is C20H25N3O4. The average molecular weight is 371 g/mol. The molecule has 1 aromatic carbocycles. The standard InChI is InChI=1S/C20H25N3O4/c1-14-12-16(21-27-14)18(24)23-11-10-22(19(25)26-20(2,3)4)13-17(23)15-8-6-5-7-9-15/h5-9,12,17H,10-11,13H2,1-4H3. The van der Waals surface area contributed by atoms with Gasteiger partial charge in [-0.05, 0) is 33.3 Å². The molecule has 27 heavy (non-hydrogen) atoms. The molecule has 1 fully saturated rings. The van der Waals surface area contributed by atoms with Crippen molar-refractivity contribution in [3.05, 3.63) is 53.4 Å². The molecule has 1 aromatic heterocycles. The monoisotopic (exact) mass is 371 g/mol. The zero-order chi connectivity index (χ0) is 19.6. The molecule has 7 heteroatoms. The molecule has 144 valence electrons. The van der Waals surface area contributed by atoms with E-state index in [4.69, 9.17) is 9.26 Å². The number of ether oxygens (including phenoxy) is 1. The van der Waals surface area contributed by atoms with Crippen LogP contribution in [0.5, 0.6) is 0 Å². The Kier molecular flexibility index (Phi) is 5.21. The van der Waals surface area contributed by atoms with Gasteiger partial charge in [-0.1, -0.05) is 35.5 Å². The van der Waals surface area contributed by atoms with E-state index in [9.17, 15) is 9.59 Å². The van der Waals surface area contributed by atoms with Crippen LogP contribution in [0.3, 0.4) is 0 Å². The zero-order valence-corrected chi connectivity index (χ0v) is 16.1. The van der Waals surface area contributed by atoms with Crippen molar-refractivity contribution in [3.8, 4) is 0 Å². The molecule has 0 saturated carbocycles. The highest BCUT2D eigenvalue weighted by molar-refractivity contribution is 5.92. The highest BCUT2D eigenvalue weighted by Gasteiger charge is 2.36. The summed E-state index contributed by atoms with van der Waals surface area (Å²) in [6.07, 6.45) is -0.368. The number of hydrogen-bond donors (Lipinski definition) is 0. The minimum Gasteiger partial charge on any atom is -0.444 e. The van der Waals surface area contributed by atoms with Gasteiger partial charge in [0.2, 0.25) is 0 Å². The number of aryl methyl sites for hydroxylation is 1. The summed E-state index contributed by atoms with van der Waals surface area (Å²) in [7, 11) is 0. The van der Waals surface area contributed by atoms with Crippen molar-refractivity contribution in [3.63, 3.8) is 0 Å². The number of hydrogen-bond acceptors (Lipinski definition) is 5. The van der Waals surface area contributed by atoms with E-state index in [1.807, 2.05) is 51.1 Å². The van der Waals surface area contributed by atoms with Crippen molar-refractivity contribution >= 4 is 12.0 Å². The second-order valence-corrected chi connectivity index (χ2v) is 7.67. The van der Waals surface area contributed by atoms with Gasteiger partial charge in [-0.15, -0.1) is 0 Å². The normalized spacial score (nSPS) is 17.7. The quantitative estimate of drug-likeness (QED) is 0.808. The fourth-order valence-electron chi connectivity index (χ4n) is 3.09. The van der Waals surface area contributed by atoms with Gasteiger partial charge < -0.3 is 19.1 Å². The first-order valence-electron chi connectivity index (χ1n) is 9.02. The predicted octanol–water partition coefficient (Wildman–Crippen LogP) is 3.42. The molecule has 0 bridgehead atoms. The Morgan fingerprint density at radius 1 is 1.19 bits per heavy atom. The van der Waals surface area contributed by atoms with Gasteiger partial charge in [-0.2, -0.15) is 0 Å². The van der Waals surface area contributed by atoms with E-state index in [1.165, 1.54) is 0 Å². The highest BCUT2D eigenvalue weighted by atomic mass is 16.6. The molecular weight excluding hydrogens is 346 g/mol. The molecule has 1 atom stereocenters. The largest absolute Gasteiger partial charge is 0.444 e. The first-order chi connectivity index (χ1) is 12.7. The highest BCUT2D eigenvalue weighted by Crippen LogP contribution is 2.28. The molecule has 0 radical (unpaired) electrons. The summed E-state index contributed by atoms with van der Waals surface area (Å²) in [5.41, 5.74) is 0.670. The number of carbonyl (C=O) groups excluding carboxylic acids is 2. The van der Waals surface area contributed by atoms with E-state index < -0.39 is 5.60 Å². The van der Waals surface area contributed by atoms with Crippen LogP contribution in [0.1, 0.15) is 48.6 Å². The van der Waals surface area contributed by atoms with Crippen molar-refractivity contribution in [2.24, 2.45) is 0 Å². The second kappa shape index (κ2) is 7.42. The lowest BCUT2D eigenvalue weighted by molar-refractivity contribution is 0.00387. The van der Waals surface area contributed by atoms with Gasteiger partial charge in [0.1, 0.15) is 11.4 Å². The lowest BCUT2D eigenvalue weighted by Gasteiger charge is -2.41. The molecule has 1 aliphatic rings. The number of carbonyl (C=O) groups is 2. The van der Waals surface area contributed by atoms with Gasteiger partial charge in [0.15, 0.2) is 5.69 Å². The van der Waals surface area contributed by atoms with Gasteiger partial charge in [0, 0.05) is 25.7 Å². The minimum absolute atomic E-state index is 0.204. The summed E-state index contributed by atoms with van der Waals surface area (Å²) in [4.78, 5) is 28.9. The zero-order valence-electron chi connectivity index (χ0n) is 16.1. The van der Waals surface area contributed by atoms with E-state index in [-0.39, 0.29) is 23.7 Å². The van der Waals surface area contributed by atoms with Crippen molar-refractivity contribution < 1.29 is 18.8 Å². The Bertz CT molecular complexity index is 810. The van der Waals surface area contributed by atoms with Crippen LogP contribution < -0.4 is 0 Å². The predicted molar refractivity (Wildman–Crippen MR) is 99.3 cm³/mol. The molecule has 0 spiro atoms. The number of aromatic nitrogens is 1. The topological polar surface area (TPSA) is 75.9 Å². The summed E-state index contributed by atoms with van der Waals surface area (Å²) in [6, 6.07) is 11.0. The molecule has 0 N–H and O–H groups in total. The van der Waals surface area contributed by atoms with E-state index in [0.29, 0.717) is 25.4 Å². The maximum absolute atomic E-state index is 13.0. The van der Waals surface area contributed by atoms with Crippen molar-refractivity contribution in [1.82, 2.24) is 15.0 Å². The van der Waals surface area contributed by atoms with Gasteiger partial charge in [0.25, 0.3) is 5.91 Å². The van der Waals surface area contributed by atoms with Gasteiger partial charge in [-0.3, -0.25) is 4.79 Å². The molecule has 2 heterocycles. The SMILES string of the molecule is Cc1cc(C(=O)N2CCN(C(=O)OC(C)(C)C)CC2c2ccccc2)no1. The van der Waals surface area contributed by atoms with Gasteiger partial charge >= 0.3 is 6.09 Å². The van der Waals surface area contributed by atoms with E-state index in [2.05, 4.69) is 5.16 Å². The van der Waals surface area contributed by atoms with Crippen LogP contribution in [0.15, 0.2) is 40.9 Å². The molecule has 1 aliphatic heterocycles. The number of benzene rings is 1. The third kappa shape index (κ3) is 4.48. The van der Waals surface area contributed by atoms with Crippen LogP contribution in [0.2, 0.25) is 0 Å². The van der Waals surface area contributed by atoms with E-state index in [1.54, 1.807) is 22.8 Å². The summed E-state index contributed by atoms with van der Waals surface area (Å²) in [5.74, 6) is 0.381. The number of amides is 2. The van der Waals surface area contributed by atoms with E-state index in [0.717, 1.165) is 5.56 Å². The van der Waals surface area contributed by atoms with Crippen LogP contribution in [-0.2, 0) is 4.74 Å². The Morgan fingerprint density at radius 2 is 1.89 bits per heavy atom. The van der Waals surface area contributed by atoms with Crippen LogP contribution in [0, 0.1) is 6.92 Å². The summed E-state index contributed by atoms with van der Waals surface area (Å²) < 4.78 is 10.6. The first kappa shape index (κ1) is 18.9. The molecule has 0 aliphatic carbocycles. The maximum atomic E-state index is 13.0. The molecule has 3 rings (SSSR count). The Labute approximate surface area is 158 Å². The Morgan fingerprint density at radius 3 is 2.48 bits per heavy atom. The summed E-state index contributed by atoms with van der Waals surface area (Å²) in [6.45, 7) is 8.43. The van der Waals surface area contributed by atoms with Gasteiger partial charge in [-0.25, -0.2) is 4.79 Å². The number of piperazine rings is 1. The maximum Gasteiger partial charge on any atom is 0.410 e. The van der Waals surface area contributed by atoms with E-state index >= 15 is 0 Å². The average Bonchev–Trinajstić information content (AvgIpc) is 3.06. The fourth-order valence-corrected chi connectivity index (χ4v) is 3.09. The molecule has 1 unspecified atom stereocenters. The molecule has 2 amide bonds. The smallest absolute Gasteiger partial charge is 0.410 e. The van der Waals surface area contributed by atoms with Crippen molar-refractivity contribution in [2.45, 2.75) is 39.3 Å². The Balaban J connectivity index is 1.84. The van der Waals surface area contributed by atoms with Crippen molar-refractivity contribution in [2.75, 3.05) is 19.6 Å². The molecule has 1 saturated heterocycles. The molecule has 7 nitrogen and oxygen atoms in total. The van der Waals surface area contributed by atoms with Crippen LogP contribution in [0.4, 0.5) is 4.79 Å². The lowest BCUT2D eigenvalue weighted by atomic mass is 10.0. The lowest BCUT2D eigenvalue weighted by Crippen LogP contribution is -2.53. The first-order valence-corrected chi connectivity index (χ1v) is 9.02. The van der Waals surface area contributed by atoms with Crippen LogP contribution in [-0.4, -0.2) is 52.2 Å². The second-order valence-electron chi connectivity index (χ2n) is 7.67. The Hall–Kier alpha value is -2.83. The van der Waals surface area contributed by atoms with Crippen LogP contribution in [0.25, 0.3) is 0 Å². The molecule has 2 aromatic rings. The third-order valence-electron chi connectivity index (χ3n) is 4.32. The summed E-state index contributed by atoms with van der Waals surface area (Å²) in [5, 5.41) is 3.85. The third-order valence-corrected chi connectivity index (χ3v) is 4.32.